The number of carboxylic acid groups (broad SMARTS) is 1. The maximum Gasteiger partial charge on any atom is 0.405 e. The highest BCUT2D eigenvalue weighted by Gasteiger charge is 2.63. The van der Waals surface area contributed by atoms with E-state index in [4.69, 9.17) is 0 Å². The average Bonchev–Trinajstić information content (AvgIpc) is 3.19. The van der Waals surface area contributed by atoms with Gasteiger partial charge in [0.2, 0.25) is 5.91 Å². The molecule has 6 fully saturated rings. The van der Waals surface area contributed by atoms with Crippen molar-refractivity contribution in [1.29, 1.82) is 5.26 Å². The van der Waals surface area contributed by atoms with E-state index in [-0.39, 0.29) is 11.9 Å². The monoisotopic (exact) mass is 359 g/mol. The van der Waals surface area contributed by atoms with E-state index in [9.17, 15) is 25.1 Å². The number of likely N-dealkylation sites (tertiary alicyclic amines) is 1. The maximum absolute atomic E-state index is 13.5. The van der Waals surface area contributed by atoms with Gasteiger partial charge in [-0.05, 0) is 69.1 Å². The van der Waals surface area contributed by atoms with E-state index in [1.165, 1.54) is 0 Å². The van der Waals surface area contributed by atoms with Crippen molar-refractivity contribution in [2.45, 2.75) is 75.1 Å². The minimum absolute atomic E-state index is 0.0993. The van der Waals surface area contributed by atoms with Crippen molar-refractivity contribution < 1.29 is 19.8 Å². The van der Waals surface area contributed by atoms with Gasteiger partial charge in [0.1, 0.15) is 12.1 Å². The lowest BCUT2D eigenvalue weighted by molar-refractivity contribution is -0.180. The second-order valence-electron chi connectivity index (χ2n) is 9.62. The number of rotatable bonds is 3. The maximum atomic E-state index is 13.5. The predicted molar refractivity (Wildman–Crippen MR) is 89.8 cm³/mol. The Morgan fingerprint density at radius 1 is 1.15 bits per heavy atom. The fourth-order valence-electron chi connectivity index (χ4n) is 7.26. The highest BCUT2D eigenvalue weighted by Crippen LogP contribution is 2.63. The highest BCUT2D eigenvalue weighted by atomic mass is 16.4. The van der Waals surface area contributed by atoms with E-state index in [2.05, 4.69) is 11.4 Å². The summed E-state index contributed by atoms with van der Waals surface area (Å²) in [7, 11) is 0. The van der Waals surface area contributed by atoms with Crippen molar-refractivity contribution in [3.63, 3.8) is 0 Å². The summed E-state index contributed by atoms with van der Waals surface area (Å²) in [6, 6.07) is 1.03. The zero-order valence-corrected chi connectivity index (χ0v) is 14.7. The smallest absolute Gasteiger partial charge is 0.405 e. The second kappa shape index (κ2) is 5.13. The Balaban J connectivity index is 1.49. The van der Waals surface area contributed by atoms with E-state index < -0.39 is 29.2 Å². The topological polar surface area (TPSA) is 114 Å². The van der Waals surface area contributed by atoms with Crippen LogP contribution in [0.4, 0.5) is 4.79 Å². The predicted octanol–water partition coefficient (Wildman–Crippen LogP) is 1.47. The normalized spacial score (nSPS) is 48.6. The van der Waals surface area contributed by atoms with Crippen LogP contribution in [0, 0.1) is 34.5 Å². The summed E-state index contributed by atoms with van der Waals surface area (Å²) < 4.78 is 0. The largest absolute Gasteiger partial charge is 0.465 e. The third-order valence-electron chi connectivity index (χ3n) is 7.71. The van der Waals surface area contributed by atoms with Crippen LogP contribution in [0.5, 0.6) is 0 Å². The first kappa shape index (κ1) is 16.4. The molecule has 6 atom stereocenters. The lowest BCUT2D eigenvalue weighted by Gasteiger charge is -2.62. The number of piperidine rings is 1. The molecule has 6 rings (SSSR count). The van der Waals surface area contributed by atoms with Gasteiger partial charge in [-0.25, -0.2) is 4.79 Å². The molecule has 5 aliphatic carbocycles. The molecule has 1 aliphatic heterocycles. The first-order valence-corrected chi connectivity index (χ1v) is 9.76. The third kappa shape index (κ3) is 2.27. The number of nitrogens with one attached hydrogen (secondary N) is 1. The minimum Gasteiger partial charge on any atom is -0.465 e. The van der Waals surface area contributed by atoms with Gasteiger partial charge in [0.05, 0.1) is 11.7 Å². The molecular formula is C19H25N3O4. The van der Waals surface area contributed by atoms with Crippen molar-refractivity contribution in [3.05, 3.63) is 0 Å². The van der Waals surface area contributed by atoms with Crippen LogP contribution < -0.4 is 5.32 Å². The molecule has 0 aromatic carbocycles. The van der Waals surface area contributed by atoms with Crippen molar-refractivity contribution >= 4 is 12.0 Å². The van der Waals surface area contributed by atoms with Gasteiger partial charge in [-0.1, -0.05) is 0 Å². The van der Waals surface area contributed by atoms with E-state index in [0.717, 1.165) is 38.5 Å². The van der Waals surface area contributed by atoms with Crippen LogP contribution in [0.1, 0.15) is 51.4 Å². The van der Waals surface area contributed by atoms with E-state index in [1.54, 1.807) is 4.90 Å². The van der Waals surface area contributed by atoms with E-state index in [1.807, 2.05) is 0 Å². The molecule has 2 unspecified atom stereocenters. The molecule has 26 heavy (non-hydrogen) atoms. The number of carbonyl (C=O) groups is 2. The van der Waals surface area contributed by atoms with Crippen LogP contribution in [0.3, 0.4) is 0 Å². The number of nitrogens with zero attached hydrogens (tertiary/aromatic N) is 2. The molecule has 1 heterocycles. The number of carbonyl (C=O) groups excluding carboxylic acids is 1. The van der Waals surface area contributed by atoms with Crippen LogP contribution in [-0.2, 0) is 4.79 Å². The quantitative estimate of drug-likeness (QED) is 0.706. The molecule has 0 spiro atoms. The van der Waals surface area contributed by atoms with Crippen LogP contribution in [0.15, 0.2) is 0 Å². The van der Waals surface area contributed by atoms with Crippen molar-refractivity contribution in [3.8, 4) is 6.07 Å². The Hall–Kier alpha value is -1.81. The van der Waals surface area contributed by atoms with Crippen LogP contribution in [-0.4, -0.2) is 50.8 Å². The Morgan fingerprint density at radius 2 is 1.85 bits per heavy atom. The Kier molecular flexibility index (Phi) is 3.23. The molecule has 3 N–H and O–H groups in total. The molecule has 0 radical (unpaired) electrons. The van der Waals surface area contributed by atoms with Gasteiger partial charge in [0.15, 0.2) is 0 Å². The summed E-state index contributed by atoms with van der Waals surface area (Å²) >= 11 is 0. The Labute approximate surface area is 152 Å². The van der Waals surface area contributed by atoms with Gasteiger partial charge >= 0.3 is 6.09 Å². The Bertz CT molecular complexity index is 702. The molecule has 6 aliphatic rings. The van der Waals surface area contributed by atoms with Crippen molar-refractivity contribution in [1.82, 2.24) is 10.2 Å². The van der Waals surface area contributed by atoms with Crippen LogP contribution in [0.25, 0.3) is 0 Å². The van der Waals surface area contributed by atoms with Crippen LogP contribution >= 0.6 is 0 Å². The zero-order valence-electron chi connectivity index (χ0n) is 14.7. The second-order valence-corrected chi connectivity index (χ2v) is 9.62. The molecule has 1 saturated heterocycles. The SMILES string of the molecule is N#C[C@@H]1C[C@@H]2C[C@@H]2N1C(=O)[C@@H](NC(=O)O)C12CC3CC(CC(O)(C3)C1)C2. The lowest BCUT2D eigenvalue weighted by Crippen LogP contribution is -2.66. The molecule has 4 bridgehead atoms. The van der Waals surface area contributed by atoms with E-state index in [0.29, 0.717) is 30.6 Å². The summed E-state index contributed by atoms with van der Waals surface area (Å²) in [6.07, 6.45) is 5.12. The highest BCUT2D eigenvalue weighted by molar-refractivity contribution is 5.88. The number of fused-ring (bicyclic) bond motifs is 1. The number of aliphatic hydroxyl groups is 1. The van der Waals surface area contributed by atoms with Crippen molar-refractivity contribution in [2.75, 3.05) is 0 Å². The fraction of sp³-hybridized carbons (Fsp3) is 0.842. The summed E-state index contributed by atoms with van der Waals surface area (Å²) in [4.78, 5) is 26.7. The molecule has 7 nitrogen and oxygen atoms in total. The first-order chi connectivity index (χ1) is 12.3. The van der Waals surface area contributed by atoms with Crippen LogP contribution in [0.2, 0.25) is 0 Å². The number of hydrogen-bond acceptors (Lipinski definition) is 4. The van der Waals surface area contributed by atoms with E-state index >= 15 is 0 Å². The minimum atomic E-state index is -1.20. The molecule has 5 saturated carbocycles. The summed E-state index contributed by atoms with van der Waals surface area (Å²) in [5.41, 5.74) is -1.27. The summed E-state index contributed by atoms with van der Waals surface area (Å²) in [5.74, 6) is 0.890. The number of hydrogen-bond donors (Lipinski definition) is 3. The van der Waals surface area contributed by atoms with Gasteiger partial charge in [0, 0.05) is 11.5 Å². The summed E-state index contributed by atoms with van der Waals surface area (Å²) in [5, 5.41) is 32.4. The average molecular weight is 359 g/mol. The van der Waals surface area contributed by atoms with Gasteiger partial charge in [-0.3, -0.25) is 4.79 Å². The zero-order chi connectivity index (χ0) is 18.3. The molecular weight excluding hydrogens is 334 g/mol. The molecule has 2 amide bonds. The fourth-order valence-corrected chi connectivity index (χ4v) is 7.26. The number of nitriles is 1. The lowest BCUT2D eigenvalue weighted by atomic mass is 9.46. The number of amides is 2. The van der Waals surface area contributed by atoms with Gasteiger partial charge in [0.25, 0.3) is 0 Å². The summed E-state index contributed by atoms with van der Waals surface area (Å²) in [6.45, 7) is 0. The molecule has 7 heteroatoms. The first-order valence-electron chi connectivity index (χ1n) is 9.76. The molecule has 0 aromatic heterocycles. The third-order valence-corrected chi connectivity index (χ3v) is 7.71. The Morgan fingerprint density at radius 3 is 2.42 bits per heavy atom. The molecule has 0 aromatic rings. The molecule has 140 valence electrons. The van der Waals surface area contributed by atoms with Gasteiger partial charge < -0.3 is 20.4 Å². The van der Waals surface area contributed by atoms with Gasteiger partial charge in [-0.15, -0.1) is 0 Å². The standard InChI is InChI=1S/C19H25N3O4/c20-8-13-2-12-3-14(12)22(13)16(23)15(21-17(24)25)18-4-10-1-11(5-18)7-19(26,6-10)9-18/h10-15,21,26H,1-7,9H2,(H,24,25)/t10?,11?,12-,13+,14+,15-,18?,19?/m1/s1. The van der Waals surface area contributed by atoms with Crippen molar-refractivity contribution in [2.24, 2.45) is 23.2 Å². The van der Waals surface area contributed by atoms with Gasteiger partial charge in [-0.2, -0.15) is 5.26 Å².